The first-order valence-electron chi connectivity index (χ1n) is 4.68. The maximum Gasteiger partial charge on any atom is 0.183 e. The van der Waals surface area contributed by atoms with Crippen LogP contribution in [0.1, 0.15) is 0 Å². The van der Waals surface area contributed by atoms with E-state index in [1.807, 2.05) is 24.3 Å². The van der Waals surface area contributed by atoms with Crippen molar-refractivity contribution < 1.29 is 9.84 Å². The number of benzene rings is 2. The Bertz CT molecular complexity index is 535. The summed E-state index contributed by atoms with van der Waals surface area (Å²) in [5, 5.41) is 9.72. The Hall–Kier alpha value is -0.520. The summed E-state index contributed by atoms with van der Waals surface area (Å²) in [6.07, 6.45) is 0. The van der Waals surface area contributed by atoms with Gasteiger partial charge < -0.3 is 9.84 Å². The molecule has 5 heteroatoms. The van der Waals surface area contributed by atoms with Crippen molar-refractivity contribution in [3.63, 3.8) is 0 Å². The minimum Gasteiger partial charge on any atom is -0.504 e. The third kappa shape index (κ3) is 3.03. The second-order valence-electron chi connectivity index (χ2n) is 3.26. The summed E-state index contributed by atoms with van der Waals surface area (Å²) >= 11 is 10.1. The molecule has 0 saturated heterocycles. The first kappa shape index (κ1) is 12.9. The highest BCUT2D eigenvalue weighted by atomic mass is 79.9. The van der Waals surface area contributed by atoms with E-state index >= 15 is 0 Å². The smallest absolute Gasteiger partial charge is 0.183 e. The molecule has 0 atom stereocenters. The van der Waals surface area contributed by atoms with Crippen LogP contribution in [0.15, 0.2) is 49.8 Å². The Morgan fingerprint density at radius 1 is 0.941 bits per heavy atom. The Kier molecular flexibility index (Phi) is 4.12. The highest BCUT2D eigenvalue weighted by Crippen LogP contribution is 2.40. The Morgan fingerprint density at radius 2 is 1.71 bits per heavy atom. The van der Waals surface area contributed by atoms with Crippen LogP contribution in [-0.4, -0.2) is 5.11 Å². The van der Waals surface area contributed by atoms with Crippen LogP contribution >= 0.6 is 47.8 Å². The molecule has 0 radical (unpaired) electrons. The maximum atomic E-state index is 9.72. The van der Waals surface area contributed by atoms with E-state index in [9.17, 15) is 5.11 Å². The fraction of sp³-hybridized carbons (Fsp3) is 0. The van der Waals surface area contributed by atoms with Crippen molar-refractivity contribution in [1.29, 1.82) is 0 Å². The van der Waals surface area contributed by atoms with Crippen LogP contribution in [-0.2, 0) is 0 Å². The lowest BCUT2D eigenvalue weighted by Crippen LogP contribution is -1.87. The van der Waals surface area contributed by atoms with Gasteiger partial charge in [0.15, 0.2) is 11.5 Å². The molecule has 0 heterocycles. The average Bonchev–Trinajstić information content (AvgIpc) is 2.26. The fourth-order valence-corrected chi connectivity index (χ4v) is 2.83. The number of para-hydroxylation sites is 1. The number of phenolic OH excluding ortho intramolecular Hbond substituents is 1. The summed E-state index contributed by atoms with van der Waals surface area (Å²) in [5.74, 6) is 1.13. The lowest BCUT2D eigenvalue weighted by atomic mass is 10.3. The van der Waals surface area contributed by atoms with Gasteiger partial charge in [0.05, 0.1) is 8.95 Å². The van der Waals surface area contributed by atoms with E-state index in [0.717, 1.165) is 8.95 Å². The fourth-order valence-electron chi connectivity index (χ4n) is 1.27. The number of ether oxygens (including phenoxy) is 1. The quantitative estimate of drug-likeness (QED) is 0.695. The number of hydrogen-bond acceptors (Lipinski definition) is 2. The van der Waals surface area contributed by atoms with E-state index in [1.54, 1.807) is 12.1 Å². The number of aromatic hydroxyl groups is 1. The molecule has 0 aliphatic heterocycles. The van der Waals surface area contributed by atoms with Gasteiger partial charge in [0.25, 0.3) is 0 Å². The van der Waals surface area contributed by atoms with Gasteiger partial charge in [-0.1, -0.05) is 22.0 Å². The molecular weight excluding hydrogens is 416 g/mol. The number of hydrogen-bond donors (Lipinski definition) is 1. The zero-order valence-electron chi connectivity index (χ0n) is 8.45. The van der Waals surface area contributed by atoms with Gasteiger partial charge in [-0.15, -0.1) is 0 Å². The van der Waals surface area contributed by atoms with Gasteiger partial charge in [0.1, 0.15) is 5.75 Å². The van der Waals surface area contributed by atoms with Crippen molar-refractivity contribution in [2.45, 2.75) is 0 Å². The van der Waals surface area contributed by atoms with E-state index in [-0.39, 0.29) is 5.75 Å². The van der Waals surface area contributed by atoms with Crippen LogP contribution in [0.2, 0.25) is 0 Å². The van der Waals surface area contributed by atoms with E-state index in [0.29, 0.717) is 16.0 Å². The summed E-state index contributed by atoms with van der Waals surface area (Å²) < 4.78 is 8.12. The molecule has 0 aliphatic carbocycles. The topological polar surface area (TPSA) is 29.5 Å². The van der Waals surface area contributed by atoms with Crippen molar-refractivity contribution in [2.75, 3.05) is 0 Å². The van der Waals surface area contributed by atoms with Crippen LogP contribution < -0.4 is 4.74 Å². The van der Waals surface area contributed by atoms with Gasteiger partial charge in [-0.2, -0.15) is 0 Å². The van der Waals surface area contributed by atoms with E-state index in [1.165, 1.54) is 0 Å². The molecule has 0 aliphatic rings. The highest BCUT2D eigenvalue weighted by molar-refractivity contribution is 9.11. The third-order valence-corrected chi connectivity index (χ3v) is 3.79. The third-order valence-electron chi connectivity index (χ3n) is 2.05. The molecule has 0 unspecified atom stereocenters. The summed E-state index contributed by atoms with van der Waals surface area (Å²) in [6.45, 7) is 0. The van der Waals surface area contributed by atoms with Crippen LogP contribution in [0.4, 0.5) is 0 Å². The van der Waals surface area contributed by atoms with Gasteiger partial charge in [-0.05, 0) is 62.2 Å². The van der Waals surface area contributed by atoms with Crippen molar-refractivity contribution in [3.05, 3.63) is 49.8 Å². The first-order valence-corrected chi connectivity index (χ1v) is 7.06. The average molecular weight is 423 g/mol. The zero-order chi connectivity index (χ0) is 12.4. The van der Waals surface area contributed by atoms with Gasteiger partial charge in [0.2, 0.25) is 0 Å². The van der Waals surface area contributed by atoms with Crippen molar-refractivity contribution in [1.82, 2.24) is 0 Å². The number of phenols is 1. The molecule has 17 heavy (non-hydrogen) atoms. The summed E-state index contributed by atoms with van der Waals surface area (Å²) in [4.78, 5) is 0. The van der Waals surface area contributed by atoms with Gasteiger partial charge in [0, 0.05) is 4.47 Å². The monoisotopic (exact) mass is 420 g/mol. The molecule has 2 rings (SSSR count). The van der Waals surface area contributed by atoms with Crippen LogP contribution in [0, 0.1) is 0 Å². The molecule has 2 aromatic carbocycles. The maximum absolute atomic E-state index is 9.72. The molecule has 0 aromatic heterocycles. The van der Waals surface area contributed by atoms with Gasteiger partial charge in [-0.3, -0.25) is 0 Å². The lowest BCUT2D eigenvalue weighted by molar-refractivity contribution is 0.408. The summed E-state index contributed by atoms with van der Waals surface area (Å²) in [5.41, 5.74) is 0. The molecule has 88 valence electrons. The van der Waals surface area contributed by atoms with Gasteiger partial charge >= 0.3 is 0 Å². The molecule has 2 aromatic rings. The molecular formula is C12H7Br3O2. The lowest BCUT2D eigenvalue weighted by Gasteiger charge is -2.11. The van der Waals surface area contributed by atoms with Crippen molar-refractivity contribution in [3.8, 4) is 17.2 Å². The van der Waals surface area contributed by atoms with Crippen LogP contribution in [0.25, 0.3) is 0 Å². The van der Waals surface area contributed by atoms with E-state index < -0.39 is 0 Å². The van der Waals surface area contributed by atoms with Crippen LogP contribution in [0.5, 0.6) is 17.2 Å². The van der Waals surface area contributed by atoms with Crippen LogP contribution in [0.3, 0.4) is 0 Å². The molecule has 1 N–H and O–H groups in total. The molecule has 0 spiro atoms. The molecule has 0 amide bonds. The second kappa shape index (κ2) is 5.42. The standard InChI is InChI=1S/C12H7Br3O2/c13-7-4-5-11(9(15)6-7)17-12-8(14)2-1-3-10(12)16/h1-6,16H. The Morgan fingerprint density at radius 3 is 2.35 bits per heavy atom. The molecule has 0 saturated carbocycles. The Labute approximate surface area is 124 Å². The number of rotatable bonds is 2. The largest absolute Gasteiger partial charge is 0.504 e. The minimum absolute atomic E-state index is 0.0918. The van der Waals surface area contributed by atoms with Gasteiger partial charge in [-0.25, -0.2) is 0 Å². The number of halogens is 3. The first-order chi connectivity index (χ1) is 8.08. The van der Waals surface area contributed by atoms with E-state index in [4.69, 9.17) is 4.74 Å². The predicted molar refractivity (Wildman–Crippen MR) is 77.7 cm³/mol. The van der Waals surface area contributed by atoms with Crippen molar-refractivity contribution in [2.24, 2.45) is 0 Å². The molecule has 0 fully saturated rings. The summed E-state index contributed by atoms with van der Waals surface area (Å²) in [7, 11) is 0. The molecule has 2 nitrogen and oxygen atoms in total. The Balaban J connectivity index is 2.38. The SMILES string of the molecule is Oc1cccc(Br)c1Oc1ccc(Br)cc1Br. The highest BCUT2D eigenvalue weighted by Gasteiger charge is 2.10. The molecule has 0 bridgehead atoms. The normalized spacial score (nSPS) is 10.3. The van der Waals surface area contributed by atoms with Crippen molar-refractivity contribution >= 4 is 47.8 Å². The van der Waals surface area contributed by atoms with E-state index in [2.05, 4.69) is 47.8 Å². The summed E-state index contributed by atoms with van der Waals surface area (Å²) in [6, 6.07) is 10.7. The second-order valence-corrected chi connectivity index (χ2v) is 5.89. The zero-order valence-corrected chi connectivity index (χ0v) is 13.2. The predicted octanol–water partition coefficient (Wildman–Crippen LogP) is 5.47. The minimum atomic E-state index is 0.0918.